The Morgan fingerprint density at radius 3 is 2.41 bits per heavy atom. The lowest BCUT2D eigenvalue weighted by Gasteiger charge is -2.09. The Morgan fingerprint density at radius 1 is 0.812 bits per heavy atom. The lowest BCUT2D eigenvalue weighted by Crippen LogP contribution is -2.19. The number of hydrogen-bond donors (Lipinski definition) is 3. The number of carbonyl (C=O) groups excluding carboxylic acids is 1. The molecule has 0 unspecified atom stereocenters. The van der Waals surface area contributed by atoms with Crippen molar-refractivity contribution in [3.05, 3.63) is 96.8 Å². The van der Waals surface area contributed by atoms with Crippen LogP contribution < -0.4 is 10.6 Å². The van der Waals surface area contributed by atoms with Gasteiger partial charge in [-0.15, -0.1) is 0 Å². The van der Waals surface area contributed by atoms with E-state index in [-0.39, 0.29) is 6.03 Å². The molecule has 2 heterocycles. The topological polar surface area (TPSA) is 82.7 Å². The molecule has 0 aliphatic heterocycles. The summed E-state index contributed by atoms with van der Waals surface area (Å²) in [5.41, 5.74) is 7.52. The van der Waals surface area contributed by atoms with Gasteiger partial charge in [0, 0.05) is 34.7 Å². The molecule has 0 bridgehead atoms. The number of amides is 2. The van der Waals surface area contributed by atoms with E-state index >= 15 is 0 Å². The van der Waals surface area contributed by atoms with Crippen LogP contribution in [0.15, 0.2) is 91.3 Å². The summed E-state index contributed by atoms with van der Waals surface area (Å²) in [5, 5.41) is 14.4. The van der Waals surface area contributed by atoms with Gasteiger partial charge in [-0.2, -0.15) is 5.10 Å². The van der Waals surface area contributed by atoms with E-state index in [0.717, 1.165) is 50.2 Å². The lowest BCUT2D eigenvalue weighted by molar-refractivity contribution is 0.262. The second-order valence-corrected chi connectivity index (χ2v) is 7.60. The van der Waals surface area contributed by atoms with Crippen molar-refractivity contribution in [3.63, 3.8) is 0 Å². The van der Waals surface area contributed by atoms with E-state index in [1.54, 1.807) is 6.20 Å². The van der Waals surface area contributed by atoms with Gasteiger partial charge in [-0.05, 0) is 72.1 Å². The number of hydrogen-bond acceptors (Lipinski definition) is 3. The summed E-state index contributed by atoms with van der Waals surface area (Å²) >= 11 is 0. The van der Waals surface area contributed by atoms with Gasteiger partial charge in [0.1, 0.15) is 5.69 Å². The molecule has 2 aromatic heterocycles. The smallest absolute Gasteiger partial charge is 0.308 e. The van der Waals surface area contributed by atoms with Crippen molar-refractivity contribution in [2.45, 2.75) is 6.92 Å². The number of aromatic amines is 1. The third-order valence-electron chi connectivity index (χ3n) is 5.25. The minimum absolute atomic E-state index is 0.273. The zero-order valence-electron chi connectivity index (χ0n) is 17.5. The Bertz CT molecular complexity index is 1390. The largest absolute Gasteiger partial charge is 0.323 e. The summed E-state index contributed by atoms with van der Waals surface area (Å²) in [6.45, 7) is 1.99. The standard InChI is InChI=1S/C26H21N5O/c1-17-4-2-6-22(14-17)29-26(32)28-21-10-7-18(8-11-21)19-9-12-23-24(15-19)30-31-25(23)20-5-3-13-27-16-20/h2-16H,1H3,(H,30,31)(H2,28,29,32). The molecule has 0 radical (unpaired) electrons. The Morgan fingerprint density at radius 2 is 1.62 bits per heavy atom. The van der Waals surface area contributed by atoms with E-state index in [1.165, 1.54) is 0 Å². The first kappa shape index (κ1) is 19.5. The van der Waals surface area contributed by atoms with Crippen LogP contribution in [0.4, 0.5) is 16.2 Å². The average Bonchev–Trinajstić information content (AvgIpc) is 3.23. The first-order valence-corrected chi connectivity index (χ1v) is 10.3. The van der Waals surface area contributed by atoms with Gasteiger partial charge < -0.3 is 10.6 Å². The number of urea groups is 1. The molecule has 0 saturated carbocycles. The summed E-state index contributed by atoms with van der Waals surface area (Å²) in [7, 11) is 0. The molecule has 5 aromatic rings. The molecule has 6 nitrogen and oxygen atoms in total. The van der Waals surface area contributed by atoms with Crippen molar-refractivity contribution in [3.8, 4) is 22.4 Å². The van der Waals surface area contributed by atoms with Crippen LogP contribution in [0.2, 0.25) is 0 Å². The quantitative estimate of drug-likeness (QED) is 0.322. The second kappa shape index (κ2) is 8.35. The fraction of sp³-hybridized carbons (Fsp3) is 0.0385. The normalized spacial score (nSPS) is 10.8. The van der Waals surface area contributed by atoms with Crippen LogP contribution in [0.3, 0.4) is 0 Å². The SMILES string of the molecule is Cc1cccc(NC(=O)Nc2ccc(-c3ccc4c(-c5cccnc5)n[nH]c4c3)cc2)c1. The van der Waals surface area contributed by atoms with Gasteiger partial charge in [-0.25, -0.2) is 4.79 Å². The van der Waals surface area contributed by atoms with E-state index in [0.29, 0.717) is 0 Å². The van der Waals surface area contributed by atoms with Crippen LogP contribution in [-0.2, 0) is 0 Å². The highest BCUT2D eigenvalue weighted by molar-refractivity contribution is 6.00. The molecule has 0 aliphatic carbocycles. The molecule has 2 amide bonds. The van der Waals surface area contributed by atoms with Gasteiger partial charge in [-0.1, -0.05) is 30.3 Å². The fourth-order valence-electron chi connectivity index (χ4n) is 3.68. The molecule has 3 N–H and O–H groups in total. The monoisotopic (exact) mass is 419 g/mol. The van der Waals surface area contributed by atoms with Gasteiger partial charge in [0.25, 0.3) is 0 Å². The zero-order chi connectivity index (χ0) is 21.9. The van der Waals surface area contributed by atoms with Crippen molar-refractivity contribution in [1.82, 2.24) is 15.2 Å². The van der Waals surface area contributed by atoms with E-state index in [2.05, 4.69) is 44.0 Å². The van der Waals surface area contributed by atoms with Gasteiger partial charge in [0.05, 0.1) is 5.52 Å². The van der Waals surface area contributed by atoms with Crippen molar-refractivity contribution in [1.29, 1.82) is 0 Å². The molecule has 3 aromatic carbocycles. The molecule has 0 atom stereocenters. The molecular weight excluding hydrogens is 398 g/mol. The molecule has 5 rings (SSSR count). The third-order valence-corrected chi connectivity index (χ3v) is 5.25. The number of pyridine rings is 1. The Labute approximate surface area is 185 Å². The summed E-state index contributed by atoms with van der Waals surface area (Å²) in [4.78, 5) is 16.5. The maximum absolute atomic E-state index is 12.3. The number of carbonyl (C=O) groups is 1. The van der Waals surface area contributed by atoms with Gasteiger partial charge in [0.2, 0.25) is 0 Å². The molecule has 0 fully saturated rings. The minimum atomic E-state index is -0.273. The predicted molar refractivity (Wildman–Crippen MR) is 129 cm³/mol. The number of fused-ring (bicyclic) bond motifs is 1. The number of benzene rings is 3. The van der Waals surface area contributed by atoms with E-state index in [9.17, 15) is 4.79 Å². The Hall–Kier alpha value is -4.45. The Kier molecular flexibility index (Phi) is 5.09. The van der Waals surface area contributed by atoms with Gasteiger partial charge in [0.15, 0.2) is 0 Å². The maximum atomic E-state index is 12.3. The van der Waals surface area contributed by atoms with Crippen molar-refractivity contribution in [2.75, 3.05) is 10.6 Å². The summed E-state index contributed by atoms with van der Waals surface area (Å²) < 4.78 is 0. The molecule has 32 heavy (non-hydrogen) atoms. The van der Waals surface area contributed by atoms with Crippen molar-refractivity contribution in [2.24, 2.45) is 0 Å². The highest BCUT2D eigenvalue weighted by atomic mass is 16.2. The number of aryl methyl sites for hydroxylation is 1. The number of anilines is 2. The van der Waals surface area contributed by atoms with Crippen LogP contribution >= 0.6 is 0 Å². The van der Waals surface area contributed by atoms with E-state index in [1.807, 2.05) is 73.8 Å². The minimum Gasteiger partial charge on any atom is -0.308 e. The first-order valence-electron chi connectivity index (χ1n) is 10.3. The summed E-state index contributed by atoms with van der Waals surface area (Å²) in [6, 6.07) is 25.3. The van der Waals surface area contributed by atoms with Crippen LogP contribution in [0.25, 0.3) is 33.3 Å². The van der Waals surface area contributed by atoms with Crippen molar-refractivity contribution >= 4 is 28.3 Å². The number of nitrogens with one attached hydrogen (secondary N) is 3. The Balaban J connectivity index is 1.32. The molecular formula is C26H21N5O. The molecule has 0 saturated heterocycles. The molecule has 156 valence electrons. The van der Waals surface area contributed by atoms with Gasteiger partial charge in [-0.3, -0.25) is 10.1 Å². The third kappa shape index (κ3) is 4.06. The molecule has 0 spiro atoms. The van der Waals surface area contributed by atoms with Gasteiger partial charge >= 0.3 is 6.03 Å². The van der Waals surface area contributed by atoms with E-state index in [4.69, 9.17) is 0 Å². The van der Waals surface area contributed by atoms with Crippen LogP contribution in [0.1, 0.15) is 5.56 Å². The molecule has 0 aliphatic rings. The maximum Gasteiger partial charge on any atom is 0.323 e. The predicted octanol–water partition coefficient (Wildman–Crippen LogP) is 6.24. The van der Waals surface area contributed by atoms with E-state index < -0.39 is 0 Å². The van der Waals surface area contributed by atoms with Crippen molar-refractivity contribution < 1.29 is 4.79 Å². The molecule has 6 heteroatoms. The second-order valence-electron chi connectivity index (χ2n) is 7.60. The highest BCUT2D eigenvalue weighted by Crippen LogP contribution is 2.30. The first-order chi connectivity index (χ1) is 15.7. The number of nitrogens with zero attached hydrogens (tertiary/aromatic N) is 2. The lowest BCUT2D eigenvalue weighted by atomic mass is 10.0. The average molecular weight is 419 g/mol. The van der Waals surface area contributed by atoms with Crippen LogP contribution in [0.5, 0.6) is 0 Å². The van der Waals surface area contributed by atoms with Crippen LogP contribution in [-0.4, -0.2) is 21.2 Å². The number of aromatic nitrogens is 3. The zero-order valence-corrected chi connectivity index (χ0v) is 17.5. The van der Waals surface area contributed by atoms with Crippen LogP contribution in [0, 0.1) is 6.92 Å². The number of rotatable bonds is 4. The number of H-pyrrole nitrogens is 1. The summed E-state index contributed by atoms with van der Waals surface area (Å²) in [5.74, 6) is 0. The highest BCUT2D eigenvalue weighted by Gasteiger charge is 2.10. The summed E-state index contributed by atoms with van der Waals surface area (Å²) in [6.07, 6.45) is 3.56. The fourth-order valence-corrected chi connectivity index (χ4v) is 3.68.